The van der Waals surface area contributed by atoms with Gasteiger partial charge in [0.1, 0.15) is 5.01 Å². The smallest absolute Gasteiger partial charge is 0.103 e. The van der Waals surface area contributed by atoms with Crippen LogP contribution in [0.3, 0.4) is 0 Å². The van der Waals surface area contributed by atoms with Crippen LogP contribution in [-0.2, 0) is 17.7 Å². The topological polar surface area (TPSA) is 38.9 Å². The molecule has 17 heavy (non-hydrogen) atoms. The first-order chi connectivity index (χ1) is 7.88. The summed E-state index contributed by atoms with van der Waals surface area (Å²) < 4.78 is 0. The molecule has 98 valence electrons. The highest BCUT2D eigenvalue weighted by molar-refractivity contribution is 7.99. The Kier molecular flexibility index (Phi) is 5.48. The quantitative estimate of drug-likeness (QED) is 0.882. The summed E-state index contributed by atoms with van der Waals surface area (Å²) in [6.45, 7) is 11.7. The van der Waals surface area contributed by atoms with E-state index in [9.17, 15) is 0 Å². The second kappa shape index (κ2) is 6.21. The van der Waals surface area contributed by atoms with E-state index >= 15 is 0 Å². The zero-order chi connectivity index (χ0) is 13.1. The van der Waals surface area contributed by atoms with E-state index in [1.54, 1.807) is 11.3 Å². The molecule has 0 radical (unpaired) electrons. The summed E-state index contributed by atoms with van der Waals surface area (Å²) in [5.41, 5.74) is 7.09. The van der Waals surface area contributed by atoms with Crippen molar-refractivity contribution in [2.45, 2.75) is 64.0 Å². The third kappa shape index (κ3) is 4.27. The van der Waals surface area contributed by atoms with Crippen molar-refractivity contribution in [1.82, 2.24) is 4.98 Å². The van der Waals surface area contributed by atoms with Crippen LogP contribution in [0.15, 0.2) is 0 Å². The molecule has 0 bridgehead atoms. The van der Waals surface area contributed by atoms with Gasteiger partial charge in [0.2, 0.25) is 0 Å². The van der Waals surface area contributed by atoms with Gasteiger partial charge < -0.3 is 5.73 Å². The molecule has 0 saturated carbocycles. The standard InChI is InChI=1S/C13H24N2S2/c1-6-9(2)16-8-11-15-12(13(3,4)5)10(7-14)17-11/h9H,6-8,14H2,1-5H3. The normalized spacial score (nSPS) is 14.0. The number of rotatable bonds is 5. The summed E-state index contributed by atoms with van der Waals surface area (Å²) in [4.78, 5) is 6.02. The lowest BCUT2D eigenvalue weighted by Gasteiger charge is -2.16. The average Bonchev–Trinajstić information content (AvgIpc) is 2.68. The number of nitrogens with two attached hydrogens (primary N) is 1. The van der Waals surface area contributed by atoms with Crippen LogP contribution < -0.4 is 5.73 Å². The van der Waals surface area contributed by atoms with Gasteiger partial charge in [-0.2, -0.15) is 11.8 Å². The first-order valence-corrected chi connectivity index (χ1v) is 8.05. The fourth-order valence-corrected chi connectivity index (χ4v) is 3.64. The van der Waals surface area contributed by atoms with Crippen molar-refractivity contribution < 1.29 is 0 Å². The Hall–Kier alpha value is -0.0600. The van der Waals surface area contributed by atoms with Crippen molar-refractivity contribution in [3.8, 4) is 0 Å². The van der Waals surface area contributed by atoms with Gasteiger partial charge in [-0.25, -0.2) is 4.98 Å². The third-order valence-corrected chi connectivity index (χ3v) is 5.31. The van der Waals surface area contributed by atoms with Crippen LogP contribution in [0.5, 0.6) is 0 Å². The number of aromatic nitrogens is 1. The zero-order valence-corrected chi connectivity index (χ0v) is 13.2. The molecule has 1 aromatic heterocycles. The van der Waals surface area contributed by atoms with Crippen LogP contribution in [-0.4, -0.2) is 10.2 Å². The number of nitrogens with zero attached hydrogens (tertiary/aromatic N) is 1. The van der Waals surface area contributed by atoms with E-state index in [1.165, 1.54) is 22.0 Å². The molecule has 0 fully saturated rings. The van der Waals surface area contributed by atoms with Gasteiger partial charge in [0.05, 0.1) is 5.69 Å². The van der Waals surface area contributed by atoms with E-state index in [2.05, 4.69) is 34.6 Å². The average molecular weight is 272 g/mol. The summed E-state index contributed by atoms with van der Waals surface area (Å²) in [7, 11) is 0. The van der Waals surface area contributed by atoms with Crippen molar-refractivity contribution in [1.29, 1.82) is 0 Å². The van der Waals surface area contributed by atoms with Gasteiger partial charge in [-0.05, 0) is 6.42 Å². The molecule has 2 nitrogen and oxygen atoms in total. The molecule has 0 amide bonds. The number of hydrogen-bond acceptors (Lipinski definition) is 4. The molecule has 1 rings (SSSR count). The summed E-state index contributed by atoms with van der Waals surface area (Å²) in [5.74, 6) is 1.02. The Morgan fingerprint density at radius 2 is 2.06 bits per heavy atom. The lowest BCUT2D eigenvalue weighted by Crippen LogP contribution is -2.15. The summed E-state index contributed by atoms with van der Waals surface area (Å²) in [6, 6.07) is 0. The minimum Gasteiger partial charge on any atom is -0.326 e. The third-order valence-electron chi connectivity index (χ3n) is 2.70. The van der Waals surface area contributed by atoms with Crippen molar-refractivity contribution in [3.63, 3.8) is 0 Å². The van der Waals surface area contributed by atoms with Crippen LogP contribution >= 0.6 is 23.1 Å². The number of thioether (sulfide) groups is 1. The molecular formula is C13H24N2S2. The molecule has 1 aromatic rings. The van der Waals surface area contributed by atoms with E-state index in [0.717, 1.165) is 5.75 Å². The van der Waals surface area contributed by atoms with E-state index in [4.69, 9.17) is 10.7 Å². The molecule has 1 atom stereocenters. The SMILES string of the molecule is CCC(C)SCc1nc(C(C)(C)C)c(CN)s1. The predicted octanol–water partition coefficient (Wildman–Crippen LogP) is 3.93. The lowest BCUT2D eigenvalue weighted by molar-refractivity contribution is 0.565. The van der Waals surface area contributed by atoms with Crippen LogP contribution in [0.1, 0.15) is 56.6 Å². The maximum Gasteiger partial charge on any atom is 0.103 e. The molecule has 0 aliphatic rings. The van der Waals surface area contributed by atoms with Gasteiger partial charge in [-0.15, -0.1) is 11.3 Å². The summed E-state index contributed by atoms with van der Waals surface area (Å²) in [6.07, 6.45) is 1.21. The van der Waals surface area contributed by atoms with Gasteiger partial charge >= 0.3 is 0 Å². The largest absolute Gasteiger partial charge is 0.326 e. The van der Waals surface area contributed by atoms with E-state index < -0.39 is 0 Å². The van der Waals surface area contributed by atoms with Gasteiger partial charge in [0.15, 0.2) is 0 Å². The van der Waals surface area contributed by atoms with E-state index in [0.29, 0.717) is 11.8 Å². The van der Waals surface area contributed by atoms with Crippen LogP contribution in [0.4, 0.5) is 0 Å². The molecule has 1 heterocycles. The van der Waals surface area contributed by atoms with E-state index in [-0.39, 0.29) is 5.41 Å². The Morgan fingerprint density at radius 1 is 1.41 bits per heavy atom. The number of thiazole rings is 1. The highest BCUT2D eigenvalue weighted by Crippen LogP contribution is 2.31. The Bertz CT molecular complexity index is 353. The van der Waals surface area contributed by atoms with Crippen molar-refractivity contribution in [2.24, 2.45) is 5.73 Å². The Balaban J connectivity index is 2.79. The lowest BCUT2D eigenvalue weighted by atomic mass is 9.91. The van der Waals surface area contributed by atoms with Crippen LogP contribution in [0, 0.1) is 0 Å². The molecule has 0 aliphatic carbocycles. The Morgan fingerprint density at radius 3 is 2.47 bits per heavy atom. The molecule has 0 saturated heterocycles. The van der Waals surface area contributed by atoms with Gasteiger partial charge in [0, 0.05) is 27.8 Å². The van der Waals surface area contributed by atoms with Crippen molar-refractivity contribution in [3.05, 3.63) is 15.6 Å². The first kappa shape index (κ1) is 15.0. The minimum atomic E-state index is 0.102. The Labute approximate surface area is 113 Å². The molecular weight excluding hydrogens is 248 g/mol. The van der Waals surface area contributed by atoms with Crippen LogP contribution in [0.25, 0.3) is 0 Å². The van der Waals surface area contributed by atoms with Gasteiger partial charge in [0.25, 0.3) is 0 Å². The maximum absolute atomic E-state index is 5.81. The van der Waals surface area contributed by atoms with Crippen molar-refractivity contribution in [2.75, 3.05) is 0 Å². The predicted molar refractivity (Wildman–Crippen MR) is 79.8 cm³/mol. The summed E-state index contributed by atoms with van der Waals surface area (Å²) in [5, 5.41) is 1.93. The molecule has 0 aromatic carbocycles. The van der Waals surface area contributed by atoms with E-state index in [1.807, 2.05) is 11.8 Å². The maximum atomic E-state index is 5.81. The molecule has 1 unspecified atom stereocenters. The van der Waals surface area contributed by atoms with Crippen molar-refractivity contribution >= 4 is 23.1 Å². The molecule has 0 aliphatic heterocycles. The minimum absolute atomic E-state index is 0.102. The van der Waals surface area contributed by atoms with Crippen LogP contribution in [0.2, 0.25) is 0 Å². The second-order valence-corrected chi connectivity index (χ2v) is 7.96. The fourth-order valence-electron chi connectivity index (χ4n) is 1.52. The monoisotopic (exact) mass is 272 g/mol. The van der Waals surface area contributed by atoms with Gasteiger partial charge in [-0.3, -0.25) is 0 Å². The summed E-state index contributed by atoms with van der Waals surface area (Å²) >= 11 is 3.76. The zero-order valence-electron chi connectivity index (χ0n) is 11.5. The highest BCUT2D eigenvalue weighted by Gasteiger charge is 2.22. The fraction of sp³-hybridized carbons (Fsp3) is 0.769. The first-order valence-electron chi connectivity index (χ1n) is 6.19. The molecule has 4 heteroatoms. The van der Waals surface area contributed by atoms with Gasteiger partial charge in [-0.1, -0.05) is 34.6 Å². The second-order valence-electron chi connectivity index (χ2n) is 5.36. The highest BCUT2D eigenvalue weighted by atomic mass is 32.2. The molecule has 2 N–H and O–H groups in total. The number of hydrogen-bond donors (Lipinski definition) is 1. The molecule has 0 spiro atoms.